The van der Waals surface area contributed by atoms with Crippen LogP contribution >= 0.6 is 11.8 Å². The molecule has 0 spiro atoms. The summed E-state index contributed by atoms with van der Waals surface area (Å²) in [7, 11) is 0. The average molecular weight is 497 g/mol. The molecule has 1 heterocycles. The van der Waals surface area contributed by atoms with E-state index < -0.39 is 18.1 Å². The number of thioether (sulfide) groups is 1. The van der Waals surface area contributed by atoms with Gasteiger partial charge in [-0.15, -0.1) is 0 Å². The van der Waals surface area contributed by atoms with Gasteiger partial charge in [0.2, 0.25) is 5.91 Å². The zero-order valence-corrected chi connectivity index (χ0v) is 20.8. The standard InChI is InChI=1S/C27H32N2O5S/c1-2-3-12-24(26(32)29-13-14-35-17-18(29)15-25(30)31)28-27(33)34-16-23-21-10-6-4-8-19(21)20-9-5-7-11-22(20)23/h4-11,18,23-24H,2-3,12-17H2,1H3,(H,28,33)(H,30,31)/t18?,24-/m0/s1. The van der Waals surface area contributed by atoms with Crippen LogP contribution < -0.4 is 5.32 Å². The molecule has 1 fully saturated rings. The van der Waals surface area contributed by atoms with Crippen molar-refractivity contribution in [3.8, 4) is 11.1 Å². The van der Waals surface area contributed by atoms with Crippen LogP contribution in [0, 0.1) is 0 Å². The second-order valence-corrected chi connectivity index (χ2v) is 10.2. The molecule has 1 aliphatic heterocycles. The molecule has 7 nitrogen and oxygen atoms in total. The van der Waals surface area contributed by atoms with E-state index in [-0.39, 0.29) is 30.9 Å². The number of amides is 2. The lowest BCUT2D eigenvalue weighted by atomic mass is 9.98. The van der Waals surface area contributed by atoms with Gasteiger partial charge in [0.05, 0.1) is 12.5 Å². The van der Waals surface area contributed by atoms with Crippen molar-refractivity contribution in [2.45, 2.75) is 50.6 Å². The lowest BCUT2D eigenvalue weighted by Crippen LogP contribution is -2.55. The summed E-state index contributed by atoms with van der Waals surface area (Å²) in [5, 5.41) is 12.1. The Morgan fingerprint density at radius 1 is 1.11 bits per heavy atom. The van der Waals surface area contributed by atoms with Crippen molar-refractivity contribution < 1.29 is 24.2 Å². The largest absolute Gasteiger partial charge is 0.481 e. The average Bonchev–Trinajstić information content (AvgIpc) is 3.18. The van der Waals surface area contributed by atoms with Crippen molar-refractivity contribution in [3.63, 3.8) is 0 Å². The smallest absolute Gasteiger partial charge is 0.407 e. The van der Waals surface area contributed by atoms with E-state index in [0.717, 1.165) is 40.8 Å². The number of carbonyl (C=O) groups excluding carboxylic acids is 2. The molecule has 1 aliphatic carbocycles. The number of nitrogens with one attached hydrogen (secondary N) is 1. The number of fused-ring (bicyclic) bond motifs is 3. The molecule has 186 valence electrons. The number of carboxylic acid groups (broad SMARTS) is 1. The fourth-order valence-corrected chi connectivity index (χ4v) is 6.03. The number of benzene rings is 2. The molecule has 2 aromatic rings. The number of ether oxygens (including phenoxy) is 1. The Morgan fingerprint density at radius 3 is 2.40 bits per heavy atom. The Bertz CT molecular complexity index is 1030. The molecule has 2 N–H and O–H groups in total. The molecule has 0 radical (unpaired) electrons. The van der Waals surface area contributed by atoms with Crippen molar-refractivity contribution in [2.75, 3.05) is 24.7 Å². The summed E-state index contributed by atoms with van der Waals surface area (Å²) >= 11 is 1.65. The molecule has 0 saturated carbocycles. The molecular formula is C27H32N2O5S. The summed E-state index contributed by atoms with van der Waals surface area (Å²) in [4.78, 5) is 39.2. The van der Waals surface area contributed by atoms with E-state index in [9.17, 15) is 19.5 Å². The molecule has 4 rings (SSSR count). The van der Waals surface area contributed by atoms with E-state index in [1.807, 2.05) is 31.2 Å². The SMILES string of the molecule is CCCC[C@H](NC(=O)OCC1c2ccccc2-c2ccccc21)C(=O)N1CCSCC1CC(=O)O. The summed E-state index contributed by atoms with van der Waals surface area (Å²) in [5.41, 5.74) is 4.56. The lowest BCUT2D eigenvalue weighted by molar-refractivity contribution is -0.141. The maximum atomic E-state index is 13.4. The monoisotopic (exact) mass is 496 g/mol. The summed E-state index contributed by atoms with van der Waals surface area (Å²) in [6.45, 7) is 2.69. The zero-order chi connectivity index (χ0) is 24.8. The first kappa shape index (κ1) is 25.1. The molecule has 0 bridgehead atoms. The fraction of sp³-hybridized carbons (Fsp3) is 0.444. The maximum Gasteiger partial charge on any atom is 0.407 e. The minimum atomic E-state index is -0.926. The van der Waals surface area contributed by atoms with E-state index >= 15 is 0 Å². The lowest BCUT2D eigenvalue weighted by Gasteiger charge is -2.37. The highest BCUT2D eigenvalue weighted by atomic mass is 32.2. The van der Waals surface area contributed by atoms with Gasteiger partial charge in [0.25, 0.3) is 0 Å². The molecule has 2 amide bonds. The third-order valence-electron chi connectivity index (χ3n) is 6.70. The zero-order valence-electron chi connectivity index (χ0n) is 19.9. The first-order valence-corrected chi connectivity index (χ1v) is 13.4. The van der Waals surface area contributed by atoms with Crippen LogP contribution in [-0.4, -0.2) is 64.7 Å². The highest BCUT2D eigenvalue weighted by molar-refractivity contribution is 7.99. The Kier molecular flexibility index (Phi) is 8.33. The Labute approximate surface area is 210 Å². The van der Waals surface area contributed by atoms with Gasteiger partial charge in [-0.1, -0.05) is 68.3 Å². The van der Waals surface area contributed by atoms with Crippen LogP contribution in [0.5, 0.6) is 0 Å². The topological polar surface area (TPSA) is 95.9 Å². The molecule has 2 aromatic carbocycles. The van der Waals surface area contributed by atoms with E-state index in [2.05, 4.69) is 29.6 Å². The number of unbranched alkanes of at least 4 members (excludes halogenated alkanes) is 1. The number of aliphatic carboxylic acids is 1. The number of hydrogen-bond donors (Lipinski definition) is 2. The molecular weight excluding hydrogens is 464 g/mol. The predicted octanol–water partition coefficient (Wildman–Crippen LogP) is 4.50. The van der Waals surface area contributed by atoms with Gasteiger partial charge in [-0.3, -0.25) is 9.59 Å². The van der Waals surface area contributed by atoms with Crippen LogP contribution in [0.3, 0.4) is 0 Å². The van der Waals surface area contributed by atoms with Gasteiger partial charge in [0, 0.05) is 24.0 Å². The van der Waals surface area contributed by atoms with Crippen molar-refractivity contribution in [3.05, 3.63) is 59.7 Å². The van der Waals surface area contributed by atoms with Crippen LogP contribution in [0.15, 0.2) is 48.5 Å². The number of nitrogens with zero attached hydrogens (tertiary/aromatic N) is 1. The highest BCUT2D eigenvalue weighted by Crippen LogP contribution is 2.44. The summed E-state index contributed by atoms with van der Waals surface area (Å²) < 4.78 is 5.66. The van der Waals surface area contributed by atoms with Crippen LogP contribution in [0.1, 0.15) is 49.7 Å². The van der Waals surface area contributed by atoms with Crippen molar-refractivity contribution in [1.29, 1.82) is 0 Å². The van der Waals surface area contributed by atoms with Gasteiger partial charge < -0.3 is 20.1 Å². The first-order valence-electron chi connectivity index (χ1n) is 12.2. The van der Waals surface area contributed by atoms with Crippen molar-refractivity contribution >= 4 is 29.7 Å². The van der Waals surface area contributed by atoms with Crippen LogP contribution in [0.2, 0.25) is 0 Å². The molecule has 8 heteroatoms. The van der Waals surface area contributed by atoms with Crippen LogP contribution in [-0.2, 0) is 14.3 Å². The molecule has 35 heavy (non-hydrogen) atoms. The number of alkyl carbamates (subject to hydrolysis) is 1. The van der Waals surface area contributed by atoms with Gasteiger partial charge in [0.15, 0.2) is 0 Å². The third-order valence-corrected chi connectivity index (χ3v) is 7.79. The predicted molar refractivity (Wildman–Crippen MR) is 137 cm³/mol. The molecule has 2 aliphatic rings. The van der Waals surface area contributed by atoms with Crippen LogP contribution in [0.4, 0.5) is 4.79 Å². The minimum absolute atomic E-state index is 0.0583. The number of hydrogen-bond acceptors (Lipinski definition) is 5. The molecule has 1 unspecified atom stereocenters. The molecule has 0 aromatic heterocycles. The third kappa shape index (κ3) is 5.81. The second-order valence-electron chi connectivity index (χ2n) is 9.02. The van der Waals surface area contributed by atoms with Gasteiger partial charge in [-0.05, 0) is 28.7 Å². The second kappa shape index (κ2) is 11.6. The van der Waals surface area contributed by atoms with Gasteiger partial charge in [-0.2, -0.15) is 11.8 Å². The number of rotatable bonds is 9. The van der Waals surface area contributed by atoms with Gasteiger partial charge in [-0.25, -0.2) is 4.79 Å². The van der Waals surface area contributed by atoms with Gasteiger partial charge in [0.1, 0.15) is 12.6 Å². The normalized spacial score (nSPS) is 17.9. The Morgan fingerprint density at radius 2 is 1.77 bits per heavy atom. The van der Waals surface area contributed by atoms with Crippen molar-refractivity contribution in [1.82, 2.24) is 10.2 Å². The fourth-order valence-electron chi connectivity index (χ4n) is 4.96. The highest BCUT2D eigenvalue weighted by Gasteiger charge is 2.34. The summed E-state index contributed by atoms with van der Waals surface area (Å²) in [6, 6.07) is 15.2. The quantitative estimate of drug-likeness (QED) is 0.531. The Hall–Kier alpha value is -3.00. The Balaban J connectivity index is 1.43. The minimum Gasteiger partial charge on any atom is -0.481 e. The van der Waals surface area contributed by atoms with Crippen molar-refractivity contribution in [2.24, 2.45) is 0 Å². The maximum absolute atomic E-state index is 13.4. The number of carboxylic acids is 1. The first-order chi connectivity index (χ1) is 17.0. The van der Waals surface area contributed by atoms with E-state index in [0.29, 0.717) is 18.7 Å². The molecule has 1 saturated heterocycles. The summed E-state index contributed by atoms with van der Waals surface area (Å²) in [5.74, 6) is 0.136. The van der Waals surface area contributed by atoms with E-state index in [4.69, 9.17) is 4.74 Å². The van der Waals surface area contributed by atoms with Gasteiger partial charge >= 0.3 is 12.1 Å². The number of carbonyl (C=O) groups is 3. The van der Waals surface area contributed by atoms with E-state index in [1.165, 1.54) is 0 Å². The van der Waals surface area contributed by atoms with Crippen LogP contribution in [0.25, 0.3) is 11.1 Å². The van der Waals surface area contributed by atoms with E-state index in [1.54, 1.807) is 16.7 Å². The summed E-state index contributed by atoms with van der Waals surface area (Å²) in [6.07, 6.45) is 1.42. The molecule has 2 atom stereocenters.